The lowest BCUT2D eigenvalue weighted by molar-refractivity contribution is 0.460. The molecular weight excluding hydrogens is 426 g/mol. The highest BCUT2D eigenvalue weighted by molar-refractivity contribution is 6.11. The molecule has 0 amide bonds. The van der Waals surface area contributed by atoms with Crippen molar-refractivity contribution < 1.29 is 0 Å². The minimum atomic E-state index is 0.237. The molecule has 2 heterocycles. The lowest BCUT2D eigenvalue weighted by atomic mass is 9.79. The van der Waals surface area contributed by atoms with Crippen LogP contribution in [0.2, 0.25) is 0 Å². The van der Waals surface area contributed by atoms with Crippen LogP contribution >= 0.6 is 0 Å². The van der Waals surface area contributed by atoms with Crippen molar-refractivity contribution >= 4 is 17.1 Å². The molecule has 1 unspecified atom stereocenters. The van der Waals surface area contributed by atoms with Gasteiger partial charge in [-0.2, -0.15) is 0 Å². The third-order valence-corrected chi connectivity index (χ3v) is 8.01. The molecule has 4 rings (SSSR count). The minimum Gasteiger partial charge on any atom is -0.317 e. The van der Waals surface area contributed by atoms with E-state index < -0.39 is 0 Å². The Morgan fingerprint density at radius 1 is 1.06 bits per heavy atom. The van der Waals surface area contributed by atoms with Crippen LogP contribution in [0.15, 0.2) is 57.1 Å². The molecule has 1 N–H and O–H groups in total. The van der Waals surface area contributed by atoms with Crippen molar-refractivity contribution in [3.8, 4) is 0 Å². The lowest BCUT2D eigenvalue weighted by Gasteiger charge is -2.27. The van der Waals surface area contributed by atoms with Gasteiger partial charge >= 0.3 is 0 Å². The Morgan fingerprint density at radius 2 is 1.83 bits per heavy atom. The zero-order chi connectivity index (χ0) is 24.9. The van der Waals surface area contributed by atoms with Gasteiger partial charge in [-0.1, -0.05) is 64.0 Å². The van der Waals surface area contributed by atoms with E-state index in [0.717, 1.165) is 56.7 Å². The smallest absolute Gasteiger partial charge is 0.121 e. The van der Waals surface area contributed by atoms with Crippen LogP contribution in [-0.4, -0.2) is 30.7 Å². The quantitative estimate of drug-likeness (QED) is 0.430. The Kier molecular flexibility index (Phi) is 8.59. The maximum atomic E-state index is 4.79. The van der Waals surface area contributed by atoms with Gasteiger partial charge in [0.15, 0.2) is 0 Å². The second kappa shape index (κ2) is 11.6. The average Bonchev–Trinajstić information content (AvgIpc) is 3.19. The van der Waals surface area contributed by atoms with Crippen molar-refractivity contribution in [2.75, 3.05) is 13.1 Å². The molecule has 35 heavy (non-hydrogen) atoms. The number of nitrogens with one attached hydrogen (secondary N) is 1. The molecule has 3 heteroatoms. The first-order valence-corrected chi connectivity index (χ1v) is 14.0. The number of fused-ring (bicyclic) bond motifs is 1. The SMILES string of the molecule is CCCC(/C1=C(\CC)CCC2N=C(C)N=C2/C=C\1)=C(\c1cc(C2CCNCC2)ccc1C)C(C)C. The summed E-state index contributed by atoms with van der Waals surface area (Å²) in [6.07, 6.45) is 12.6. The van der Waals surface area contributed by atoms with Gasteiger partial charge in [0.1, 0.15) is 5.84 Å². The standard InChI is InChI=1S/C32H45N3/c1-7-9-28(27-13-15-31-30(34-23(6)35-31)14-12-24(27)8-2)32(21(3)4)29-20-26(11-10-22(29)5)25-16-18-33-19-17-25/h10-11,13,15,20-21,25,30,33H,7-9,12,14,16-19H2,1-6H3/b15-13-,27-24+,32-28+. The zero-order valence-electron chi connectivity index (χ0n) is 22.9. The molecule has 1 aromatic rings. The summed E-state index contributed by atoms with van der Waals surface area (Å²) >= 11 is 0. The highest BCUT2D eigenvalue weighted by Crippen LogP contribution is 2.40. The molecule has 2 aliphatic heterocycles. The second-order valence-electron chi connectivity index (χ2n) is 10.9. The van der Waals surface area contributed by atoms with Crippen molar-refractivity contribution in [2.45, 2.75) is 98.4 Å². The van der Waals surface area contributed by atoms with E-state index in [-0.39, 0.29) is 6.04 Å². The number of benzene rings is 1. The van der Waals surface area contributed by atoms with E-state index in [0.29, 0.717) is 11.8 Å². The topological polar surface area (TPSA) is 36.8 Å². The van der Waals surface area contributed by atoms with Gasteiger partial charge in [-0.05, 0) is 117 Å². The Balaban J connectivity index is 1.86. The fraction of sp³-hybridized carbons (Fsp3) is 0.562. The normalized spacial score (nSPS) is 24.9. The summed E-state index contributed by atoms with van der Waals surface area (Å²) in [5, 5.41) is 3.53. The van der Waals surface area contributed by atoms with E-state index in [1.807, 2.05) is 6.92 Å². The first-order valence-electron chi connectivity index (χ1n) is 14.0. The third kappa shape index (κ3) is 5.77. The van der Waals surface area contributed by atoms with Gasteiger partial charge in [0, 0.05) is 0 Å². The molecule has 0 spiro atoms. The maximum absolute atomic E-state index is 4.79. The van der Waals surface area contributed by atoms with Crippen molar-refractivity contribution in [1.29, 1.82) is 0 Å². The molecule has 3 aliphatic rings. The predicted octanol–water partition coefficient (Wildman–Crippen LogP) is 7.97. The van der Waals surface area contributed by atoms with Crippen molar-refractivity contribution in [3.63, 3.8) is 0 Å². The van der Waals surface area contributed by atoms with E-state index in [2.05, 4.69) is 70.3 Å². The Bertz CT molecular complexity index is 1070. The highest BCUT2D eigenvalue weighted by Gasteiger charge is 2.25. The number of amidine groups is 1. The van der Waals surface area contributed by atoms with E-state index in [1.54, 1.807) is 16.7 Å². The van der Waals surface area contributed by atoms with Crippen LogP contribution < -0.4 is 5.32 Å². The number of aliphatic imine (C=N–C) groups is 2. The molecule has 1 aliphatic carbocycles. The number of piperidine rings is 1. The summed E-state index contributed by atoms with van der Waals surface area (Å²) in [6.45, 7) is 16.0. The molecule has 0 aromatic heterocycles. The lowest BCUT2D eigenvalue weighted by Crippen LogP contribution is -2.26. The Labute approximate surface area is 213 Å². The molecule has 1 atom stereocenters. The summed E-state index contributed by atoms with van der Waals surface area (Å²) in [6, 6.07) is 7.55. The number of rotatable bonds is 7. The summed E-state index contributed by atoms with van der Waals surface area (Å²) in [5.74, 6) is 2.06. The number of hydrogen-bond donors (Lipinski definition) is 1. The van der Waals surface area contributed by atoms with Crippen LogP contribution in [0, 0.1) is 12.8 Å². The van der Waals surface area contributed by atoms with Gasteiger partial charge in [-0.25, -0.2) is 4.99 Å². The highest BCUT2D eigenvalue weighted by atomic mass is 15.0. The molecule has 1 fully saturated rings. The predicted molar refractivity (Wildman–Crippen MR) is 153 cm³/mol. The fourth-order valence-electron chi connectivity index (χ4n) is 6.18. The zero-order valence-corrected chi connectivity index (χ0v) is 22.9. The molecule has 0 saturated carbocycles. The summed E-state index contributed by atoms with van der Waals surface area (Å²) < 4.78 is 0. The van der Waals surface area contributed by atoms with Gasteiger partial charge < -0.3 is 5.32 Å². The number of aryl methyl sites for hydroxylation is 1. The van der Waals surface area contributed by atoms with Gasteiger partial charge in [0.05, 0.1) is 11.8 Å². The van der Waals surface area contributed by atoms with Crippen molar-refractivity contribution in [1.82, 2.24) is 5.32 Å². The van der Waals surface area contributed by atoms with Gasteiger partial charge in [0.25, 0.3) is 0 Å². The summed E-state index contributed by atoms with van der Waals surface area (Å²) in [5.41, 5.74) is 11.7. The molecular formula is C32H45N3. The average molecular weight is 472 g/mol. The third-order valence-electron chi connectivity index (χ3n) is 8.01. The summed E-state index contributed by atoms with van der Waals surface area (Å²) in [4.78, 5) is 9.54. The van der Waals surface area contributed by atoms with Crippen molar-refractivity contribution in [3.05, 3.63) is 63.8 Å². The minimum absolute atomic E-state index is 0.237. The van der Waals surface area contributed by atoms with Gasteiger partial charge in [-0.3, -0.25) is 4.99 Å². The Morgan fingerprint density at radius 3 is 2.51 bits per heavy atom. The molecule has 3 nitrogen and oxygen atoms in total. The van der Waals surface area contributed by atoms with E-state index in [1.165, 1.54) is 35.1 Å². The maximum Gasteiger partial charge on any atom is 0.121 e. The van der Waals surface area contributed by atoms with Crippen LogP contribution in [0.3, 0.4) is 0 Å². The van der Waals surface area contributed by atoms with Crippen LogP contribution in [0.25, 0.3) is 5.57 Å². The number of allylic oxidation sites excluding steroid dienone is 5. The van der Waals surface area contributed by atoms with Crippen LogP contribution in [0.5, 0.6) is 0 Å². The van der Waals surface area contributed by atoms with Crippen LogP contribution in [0.4, 0.5) is 0 Å². The molecule has 1 aromatic carbocycles. The Hall–Kier alpha value is -2.26. The molecule has 1 saturated heterocycles. The van der Waals surface area contributed by atoms with E-state index in [9.17, 15) is 0 Å². The number of nitrogens with zero attached hydrogens (tertiary/aromatic N) is 2. The van der Waals surface area contributed by atoms with E-state index >= 15 is 0 Å². The monoisotopic (exact) mass is 471 g/mol. The largest absolute Gasteiger partial charge is 0.317 e. The molecule has 0 radical (unpaired) electrons. The summed E-state index contributed by atoms with van der Waals surface area (Å²) in [7, 11) is 0. The van der Waals surface area contributed by atoms with Crippen molar-refractivity contribution in [2.24, 2.45) is 15.9 Å². The fourth-order valence-corrected chi connectivity index (χ4v) is 6.18. The van der Waals surface area contributed by atoms with Crippen LogP contribution in [-0.2, 0) is 0 Å². The van der Waals surface area contributed by atoms with Gasteiger partial charge in [0.2, 0.25) is 0 Å². The first-order chi connectivity index (χ1) is 16.9. The van der Waals surface area contributed by atoms with Crippen LogP contribution in [0.1, 0.15) is 102 Å². The molecule has 0 bridgehead atoms. The molecule has 188 valence electrons. The van der Waals surface area contributed by atoms with Gasteiger partial charge in [-0.15, -0.1) is 0 Å². The first kappa shape index (κ1) is 25.8. The van der Waals surface area contributed by atoms with E-state index in [4.69, 9.17) is 9.98 Å². The second-order valence-corrected chi connectivity index (χ2v) is 10.9. The number of hydrogen-bond acceptors (Lipinski definition) is 3.